The largest absolute Gasteiger partial charge is 0.616 e. The molecule has 0 aliphatic heterocycles. The molecule has 0 saturated carbocycles. The van der Waals surface area contributed by atoms with Crippen LogP contribution in [0.3, 0.4) is 0 Å². The topological polar surface area (TPSA) is 35.1 Å². The van der Waals surface area contributed by atoms with Gasteiger partial charge in [-0.15, -0.1) is 0 Å². The van der Waals surface area contributed by atoms with Crippen molar-refractivity contribution >= 4 is 11.2 Å². The Kier molecular flexibility index (Phi) is 7.40. The number of alkyl halides is 3. The fraction of sp³-hybridized carbons (Fsp3) is 1.00. The van der Waals surface area contributed by atoms with Crippen molar-refractivity contribution in [1.29, 1.82) is 0 Å². The molecule has 0 spiro atoms. The van der Waals surface area contributed by atoms with Crippen LogP contribution in [-0.2, 0) is 11.2 Å². The Morgan fingerprint density at radius 1 is 1.21 bits per heavy atom. The second kappa shape index (κ2) is 7.36. The Morgan fingerprint density at radius 3 is 2.36 bits per heavy atom. The van der Waals surface area contributed by atoms with Crippen molar-refractivity contribution in [3.05, 3.63) is 0 Å². The first-order valence-electron chi connectivity index (χ1n) is 4.52. The van der Waals surface area contributed by atoms with Crippen LogP contribution in [0.4, 0.5) is 13.2 Å². The van der Waals surface area contributed by atoms with Crippen molar-refractivity contribution in [3.8, 4) is 0 Å². The Hall–Kier alpha value is 0.0600. The van der Waals surface area contributed by atoms with E-state index >= 15 is 0 Å². The van der Waals surface area contributed by atoms with Crippen LogP contribution in [0.15, 0.2) is 0 Å². The van der Waals surface area contributed by atoms with Gasteiger partial charge in [-0.1, -0.05) is 11.2 Å². The highest BCUT2D eigenvalue weighted by atomic mass is 32.2. The summed E-state index contributed by atoms with van der Waals surface area (Å²) >= 11 is -1.32. The van der Waals surface area contributed by atoms with Crippen molar-refractivity contribution in [2.24, 2.45) is 0 Å². The number of halogens is 3. The van der Waals surface area contributed by atoms with Crippen LogP contribution >= 0.6 is 0 Å². The Balaban J connectivity index is 3.32. The molecule has 1 unspecified atom stereocenters. The van der Waals surface area contributed by atoms with Crippen LogP contribution in [0.5, 0.6) is 0 Å². The monoisotopic (exact) mass is 231 g/mol. The lowest BCUT2D eigenvalue weighted by Crippen LogP contribution is -2.19. The van der Waals surface area contributed by atoms with E-state index in [0.29, 0.717) is 12.2 Å². The number of hydrogen-bond donors (Lipinski definition) is 1. The first kappa shape index (κ1) is 14.1. The van der Waals surface area contributed by atoms with E-state index in [0.717, 1.165) is 13.0 Å². The maximum atomic E-state index is 11.7. The molecule has 6 heteroatoms. The summed E-state index contributed by atoms with van der Waals surface area (Å²) in [5, 5.41) is 2.92. The van der Waals surface area contributed by atoms with Crippen molar-refractivity contribution < 1.29 is 17.7 Å². The van der Waals surface area contributed by atoms with Gasteiger partial charge in [0.2, 0.25) is 0 Å². The molecule has 2 nitrogen and oxygen atoms in total. The molecule has 14 heavy (non-hydrogen) atoms. The lowest BCUT2D eigenvalue weighted by Gasteiger charge is -2.12. The van der Waals surface area contributed by atoms with Crippen LogP contribution in [0, 0.1) is 0 Å². The average molecular weight is 231 g/mol. The molecule has 0 rings (SSSR count). The minimum absolute atomic E-state index is 0.261. The van der Waals surface area contributed by atoms with Gasteiger partial charge in [0, 0.05) is 0 Å². The normalized spacial score (nSPS) is 14.4. The van der Waals surface area contributed by atoms with Gasteiger partial charge in [-0.25, -0.2) is 0 Å². The molecule has 0 aromatic heterocycles. The Morgan fingerprint density at radius 2 is 1.86 bits per heavy atom. The van der Waals surface area contributed by atoms with E-state index < -0.39 is 23.8 Å². The lowest BCUT2D eigenvalue weighted by atomic mass is 10.3. The highest BCUT2D eigenvalue weighted by molar-refractivity contribution is 7.91. The van der Waals surface area contributed by atoms with E-state index in [9.17, 15) is 17.7 Å². The van der Waals surface area contributed by atoms with Crippen LogP contribution in [-0.4, -0.2) is 35.8 Å². The molecule has 1 N–H and O–H groups in total. The lowest BCUT2D eigenvalue weighted by molar-refractivity contribution is -0.129. The van der Waals surface area contributed by atoms with Gasteiger partial charge in [-0.05, 0) is 26.4 Å². The quantitative estimate of drug-likeness (QED) is 0.534. The van der Waals surface area contributed by atoms with E-state index in [1.54, 1.807) is 7.05 Å². The minimum Gasteiger partial charge on any atom is -0.616 e. The van der Waals surface area contributed by atoms with Crippen molar-refractivity contribution in [2.75, 3.05) is 25.1 Å². The maximum absolute atomic E-state index is 11.7. The molecule has 0 saturated heterocycles. The smallest absolute Gasteiger partial charge is 0.393 e. The molecule has 0 aromatic carbocycles. The summed E-state index contributed by atoms with van der Waals surface area (Å²) in [6.45, 7) is 0.816. The van der Waals surface area contributed by atoms with E-state index in [-0.39, 0.29) is 5.75 Å². The van der Waals surface area contributed by atoms with Crippen molar-refractivity contribution in [2.45, 2.75) is 25.4 Å². The van der Waals surface area contributed by atoms with E-state index in [1.807, 2.05) is 0 Å². The third kappa shape index (κ3) is 10.1. The number of hydrogen-bond acceptors (Lipinski definition) is 2. The number of unbranched alkanes of at least 4 members (excludes halogenated alkanes) is 1. The number of rotatable bonds is 7. The maximum Gasteiger partial charge on any atom is 0.393 e. The van der Waals surface area contributed by atoms with Gasteiger partial charge in [-0.2, -0.15) is 13.2 Å². The fourth-order valence-electron chi connectivity index (χ4n) is 0.896. The average Bonchev–Trinajstić information content (AvgIpc) is 2.08. The summed E-state index contributed by atoms with van der Waals surface area (Å²) in [4.78, 5) is 0. The Bertz CT molecular complexity index is 143. The van der Waals surface area contributed by atoms with E-state index in [2.05, 4.69) is 5.32 Å². The van der Waals surface area contributed by atoms with Crippen LogP contribution in [0.2, 0.25) is 0 Å². The van der Waals surface area contributed by atoms with Gasteiger partial charge in [0.25, 0.3) is 0 Å². The van der Waals surface area contributed by atoms with Gasteiger partial charge in [0.1, 0.15) is 11.5 Å². The van der Waals surface area contributed by atoms with Crippen molar-refractivity contribution in [1.82, 2.24) is 5.32 Å². The SMILES string of the molecule is CNCCCC[S+]([O-])CCC(F)(F)F. The molecule has 0 aromatic rings. The number of nitrogens with one attached hydrogen (secondary N) is 1. The third-order valence-corrected chi connectivity index (χ3v) is 3.07. The van der Waals surface area contributed by atoms with Crippen LogP contribution < -0.4 is 5.32 Å². The summed E-state index contributed by atoms with van der Waals surface area (Å²) in [6, 6.07) is 0. The molecule has 0 aliphatic carbocycles. The van der Waals surface area contributed by atoms with Crippen molar-refractivity contribution in [3.63, 3.8) is 0 Å². The highest BCUT2D eigenvalue weighted by Crippen LogP contribution is 2.20. The highest BCUT2D eigenvalue weighted by Gasteiger charge is 2.29. The minimum atomic E-state index is -4.18. The van der Waals surface area contributed by atoms with Gasteiger partial charge in [0.15, 0.2) is 0 Å². The molecule has 0 aliphatic rings. The van der Waals surface area contributed by atoms with Gasteiger partial charge in [-0.3, -0.25) is 0 Å². The molecule has 1 atom stereocenters. The Labute approximate surface area is 85.4 Å². The van der Waals surface area contributed by atoms with E-state index in [1.165, 1.54) is 0 Å². The molecule has 86 valence electrons. The fourth-order valence-corrected chi connectivity index (χ4v) is 2.09. The van der Waals surface area contributed by atoms with E-state index in [4.69, 9.17) is 0 Å². The summed E-state index contributed by atoms with van der Waals surface area (Å²) in [7, 11) is 1.81. The van der Waals surface area contributed by atoms with Crippen LogP contribution in [0.1, 0.15) is 19.3 Å². The first-order chi connectivity index (χ1) is 6.45. The summed E-state index contributed by atoms with van der Waals surface area (Å²) in [5.41, 5.74) is 0. The molecule has 0 radical (unpaired) electrons. The zero-order chi connectivity index (χ0) is 11.0. The van der Waals surface area contributed by atoms with Gasteiger partial charge >= 0.3 is 6.18 Å². The predicted molar refractivity (Wildman–Crippen MR) is 51.7 cm³/mol. The van der Waals surface area contributed by atoms with Gasteiger partial charge < -0.3 is 9.87 Å². The standard InChI is InChI=1S/C8H16F3NOS/c1-12-5-2-3-6-14(13)7-4-8(9,10)11/h12H,2-7H2,1H3. The second-order valence-corrected chi connectivity index (χ2v) is 4.72. The predicted octanol–water partition coefficient (Wildman–Crippen LogP) is 1.69. The van der Waals surface area contributed by atoms with Crippen LogP contribution in [0.25, 0.3) is 0 Å². The molecular formula is C8H16F3NOS. The molecule has 0 amide bonds. The zero-order valence-electron chi connectivity index (χ0n) is 8.19. The summed E-state index contributed by atoms with van der Waals surface area (Å²) in [6.07, 6.45) is -3.55. The third-order valence-electron chi connectivity index (χ3n) is 1.66. The zero-order valence-corrected chi connectivity index (χ0v) is 9.01. The molecule has 0 fully saturated rings. The summed E-state index contributed by atoms with van der Waals surface area (Å²) in [5.74, 6) is 0.112. The molecular weight excluding hydrogens is 215 g/mol. The second-order valence-electron chi connectivity index (χ2n) is 3.02. The summed E-state index contributed by atoms with van der Waals surface area (Å²) < 4.78 is 46.2. The first-order valence-corrected chi connectivity index (χ1v) is 6.01. The molecule has 0 bridgehead atoms. The van der Waals surface area contributed by atoms with Gasteiger partial charge in [0.05, 0.1) is 6.42 Å². The molecule has 0 heterocycles.